The van der Waals surface area contributed by atoms with Crippen molar-refractivity contribution in [1.29, 1.82) is 0 Å². The van der Waals surface area contributed by atoms with E-state index in [4.69, 9.17) is 9.47 Å². The molecule has 0 radical (unpaired) electrons. The van der Waals surface area contributed by atoms with E-state index in [-0.39, 0.29) is 29.9 Å². The molecule has 10 heteroatoms. The van der Waals surface area contributed by atoms with Crippen molar-refractivity contribution in [1.82, 2.24) is 9.80 Å². The zero-order valence-corrected chi connectivity index (χ0v) is 23.5. The summed E-state index contributed by atoms with van der Waals surface area (Å²) in [6, 6.07) is 20.4. The van der Waals surface area contributed by atoms with Crippen LogP contribution in [0.3, 0.4) is 0 Å². The van der Waals surface area contributed by atoms with Gasteiger partial charge in [-0.1, -0.05) is 42.5 Å². The third-order valence-corrected chi connectivity index (χ3v) is 7.70. The summed E-state index contributed by atoms with van der Waals surface area (Å²) in [5.74, 6) is -0.387. The largest absolute Gasteiger partial charge is 0.493 e. The number of methoxy groups -OCH3 is 1. The van der Waals surface area contributed by atoms with Crippen LogP contribution in [0.4, 0.5) is 10.5 Å². The second-order valence-corrected chi connectivity index (χ2v) is 10.7. The average Bonchev–Trinajstić information content (AvgIpc) is 3.23. The lowest BCUT2D eigenvalue weighted by Crippen LogP contribution is -2.44. The van der Waals surface area contributed by atoms with Crippen molar-refractivity contribution in [2.24, 2.45) is 0 Å². The van der Waals surface area contributed by atoms with Crippen LogP contribution in [-0.2, 0) is 27.3 Å². The van der Waals surface area contributed by atoms with Gasteiger partial charge in [-0.05, 0) is 77.7 Å². The lowest BCUT2D eigenvalue weighted by atomic mass is 10.00. The number of hydrogen-bond donors (Lipinski definition) is 1. The van der Waals surface area contributed by atoms with E-state index < -0.39 is 11.1 Å². The number of rotatable bonds is 8. The molecule has 2 aliphatic rings. The molecular weight excluding hydrogens is 542 g/mol. The van der Waals surface area contributed by atoms with Crippen LogP contribution in [0.5, 0.6) is 11.5 Å². The zero-order chi connectivity index (χ0) is 28.9. The number of anilines is 1. The molecule has 41 heavy (non-hydrogen) atoms. The number of aryl methyl sites for hydroxylation is 1. The maximum atomic E-state index is 13.1. The van der Waals surface area contributed by atoms with Gasteiger partial charge in [0.25, 0.3) is 17.1 Å². The molecule has 3 aromatic rings. The normalized spacial score (nSPS) is 15.6. The summed E-state index contributed by atoms with van der Waals surface area (Å²) < 4.78 is 11.1. The summed E-state index contributed by atoms with van der Waals surface area (Å²) in [5.41, 5.74) is 4.59. The Labute approximate surface area is 242 Å². The van der Waals surface area contributed by atoms with E-state index in [1.165, 1.54) is 12.7 Å². The lowest BCUT2D eigenvalue weighted by molar-refractivity contribution is -0.136. The molecule has 5 rings (SSSR count). The van der Waals surface area contributed by atoms with Gasteiger partial charge >= 0.3 is 0 Å². The fraction of sp³-hybridized carbons (Fsp3) is 0.226. The first-order valence-electron chi connectivity index (χ1n) is 13.1. The summed E-state index contributed by atoms with van der Waals surface area (Å²) in [6.45, 7) is 2.42. The van der Waals surface area contributed by atoms with Crippen molar-refractivity contribution in [2.45, 2.75) is 19.9 Å². The first-order valence-corrected chi connectivity index (χ1v) is 13.9. The van der Waals surface area contributed by atoms with E-state index >= 15 is 0 Å². The topological polar surface area (TPSA) is 105 Å². The maximum Gasteiger partial charge on any atom is 0.294 e. The molecule has 1 saturated heterocycles. The van der Waals surface area contributed by atoms with Crippen LogP contribution in [0, 0.1) is 6.92 Å². The van der Waals surface area contributed by atoms with Gasteiger partial charge in [0.15, 0.2) is 18.1 Å². The van der Waals surface area contributed by atoms with Crippen LogP contribution in [0.2, 0.25) is 0 Å². The Hall–Kier alpha value is -4.57. The minimum Gasteiger partial charge on any atom is -0.493 e. The molecule has 9 nitrogen and oxygen atoms in total. The van der Waals surface area contributed by atoms with Crippen molar-refractivity contribution >= 4 is 46.5 Å². The predicted octanol–water partition coefficient (Wildman–Crippen LogP) is 4.64. The van der Waals surface area contributed by atoms with E-state index in [0.29, 0.717) is 35.8 Å². The molecule has 0 saturated carbocycles. The van der Waals surface area contributed by atoms with Crippen molar-refractivity contribution in [3.63, 3.8) is 0 Å². The maximum absolute atomic E-state index is 13.1. The SMILES string of the molecule is COc1cc(/C=C2/SC(=O)N(CC(=O)N3CCc4ccccc4C3)C2=O)ccc1OCC(=O)Nc1cccc(C)c1. The van der Waals surface area contributed by atoms with E-state index in [2.05, 4.69) is 11.4 Å². The van der Waals surface area contributed by atoms with Crippen molar-refractivity contribution in [3.05, 3.63) is 93.9 Å². The quantitative estimate of drug-likeness (QED) is 0.393. The summed E-state index contributed by atoms with van der Waals surface area (Å²) in [4.78, 5) is 53.9. The summed E-state index contributed by atoms with van der Waals surface area (Å²) in [6.07, 6.45) is 2.31. The number of carbonyl (C=O) groups excluding carboxylic acids is 4. The number of amides is 4. The molecule has 1 N–H and O–H groups in total. The molecule has 0 aromatic heterocycles. The molecule has 210 valence electrons. The number of carbonyl (C=O) groups is 4. The minimum absolute atomic E-state index is 0.208. The highest BCUT2D eigenvalue weighted by molar-refractivity contribution is 8.18. The molecule has 0 unspecified atom stereocenters. The molecule has 2 aliphatic heterocycles. The monoisotopic (exact) mass is 571 g/mol. The van der Waals surface area contributed by atoms with Crippen LogP contribution in [0.1, 0.15) is 22.3 Å². The first-order chi connectivity index (χ1) is 19.8. The number of benzene rings is 3. The van der Waals surface area contributed by atoms with Gasteiger partial charge in [0.05, 0.1) is 12.0 Å². The molecule has 0 bridgehead atoms. The molecule has 0 aliphatic carbocycles. The standard InChI is InChI=1S/C31H29N3O6S/c1-20-6-5-9-24(14-20)32-28(35)19-40-25-11-10-21(15-26(25)39-2)16-27-30(37)34(31(38)41-27)18-29(36)33-13-12-22-7-3-4-8-23(22)17-33/h3-11,14-16H,12-13,17-19H2,1-2H3,(H,32,35)/b27-16+. The lowest BCUT2D eigenvalue weighted by Gasteiger charge is -2.29. The van der Waals surface area contributed by atoms with Crippen LogP contribution in [0.15, 0.2) is 71.6 Å². The van der Waals surface area contributed by atoms with Gasteiger partial charge in [-0.25, -0.2) is 0 Å². The zero-order valence-electron chi connectivity index (χ0n) is 22.7. The number of nitrogens with one attached hydrogen (secondary N) is 1. The molecule has 3 aromatic carbocycles. The average molecular weight is 572 g/mol. The Bertz CT molecular complexity index is 1550. The summed E-state index contributed by atoms with van der Waals surface area (Å²) >= 11 is 0.790. The van der Waals surface area contributed by atoms with Gasteiger partial charge in [-0.3, -0.25) is 24.1 Å². The van der Waals surface area contributed by atoms with Crippen molar-refractivity contribution in [2.75, 3.05) is 32.1 Å². The van der Waals surface area contributed by atoms with Crippen LogP contribution < -0.4 is 14.8 Å². The highest BCUT2D eigenvalue weighted by atomic mass is 32.2. The molecule has 0 spiro atoms. The third kappa shape index (κ3) is 6.60. The first kappa shape index (κ1) is 28.0. The Morgan fingerprint density at radius 3 is 2.59 bits per heavy atom. The fourth-order valence-corrected chi connectivity index (χ4v) is 5.53. The highest BCUT2D eigenvalue weighted by Crippen LogP contribution is 2.35. The molecule has 2 heterocycles. The van der Waals surface area contributed by atoms with E-state index in [1.54, 1.807) is 35.2 Å². The Kier molecular flexibility index (Phi) is 8.39. The molecular formula is C31H29N3O6S. The second-order valence-electron chi connectivity index (χ2n) is 9.72. The number of imide groups is 1. The Balaban J connectivity index is 1.20. The minimum atomic E-state index is -0.516. The van der Waals surface area contributed by atoms with Crippen LogP contribution >= 0.6 is 11.8 Å². The van der Waals surface area contributed by atoms with Gasteiger partial charge in [0, 0.05) is 18.8 Å². The van der Waals surface area contributed by atoms with Crippen LogP contribution in [-0.4, -0.2) is 59.6 Å². The van der Waals surface area contributed by atoms with Gasteiger partial charge < -0.3 is 19.7 Å². The van der Waals surface area contributed by atoms with Gasteiger partial charge in [-0.2, -0.15) is 0 Å². The van der Waals surface area contributed by atoms with E-state index in [1.807, 2.05) is 43.3 Å². The van der Waals surface area contributed by atoms with Crippen LogP contribution in [0.25, 0.3) is 6.08 Å². The Morgan fingerprint density at radius 1 is 1.00 bits per heavy atom. The number of fused-ring (bicyclic) bond motifs is 1. The molecule has 4 amide bonds. The summed E-state index contributed by atoms with van der Waals surface area (Å²) in [7, 11) is 1.47. The highest BCUT2D eigenvalue weighted by Gasteiger charge is 2.37. The van der Waals surface area contributed by atoms with Crippen molar-refractivity contribution < 1.29 is 28.7 Å². The predicted molar refractivity (Wildman–Crippen MR) is 157 cm³/mol. The van der Waals surface area contributed by atoms with Gasteiger partial charge in [0.2, 0.25) is 5.91 Å². The Morgan fingerprint density at radius 2 is 1.80 bits per heavy atom. The molecule has 1 fully saturated rings. The fourth-order valence-electron chi connectivity index (χ4n) is 4.69. The van der Waals surface area contributed by atoms with E-state index in [9.17, 15) is 19.2 Å². The number of nitrogens with zero attached hydrogens (tertiary/aromatic N) is 2. The van der Waals surface area contributed by atoms with E-state index in [0.717, 1.165) is 34.2 Å². The third-order valence-electron chi connectivity index (χ3n) is 6.80. The number of hydrogen-bond acceptors (Lipinski definition) is 7. The summed E-state index contributed by atoms with van der Waals surface area (Å²) in [5, 5.41) is 2.30. The second kappa shape index (κ2) is 12.3. The van der Waals surface area contributed by atoms with Gasteiger partial charge in [0.1, 0.15) is 6.54 Å². The number of ether oxygens (including phenoxy) is 2. The molecule has 0 atom stereocenters. The number of thioether (sulfide) groups is 1. The van der Waals surface area contributed by atoms with Gasteiger partial charge in [-0.15, -0.1) is 0 Å². The smallest absolute Gasteiger partial charge is 0.294 e. The van der Waals surface area contributed by atoms with Crippen molar-refractivity contribution in [3.8, 4) is 11.5 Å².